The minimum Gasteiger partial charge on any atom is -0.480 e. The third kappa shape index (κ3) is 5.26. The summed E-state index contributed by atoms with van der Waals surface area (Å²) in [6.07, 6.45) is 2.03. The summed E-state index contributed by atoms with van der Waals surface area (Å²) >= 11 is 0. The molecule has 1 heterocycles. The van der Waals surface area contributed by atoms with E-state index in [9.17, 15) is 9.59 Å². The van der Waals surface area contributed by atoms with Crippen molar-refractivity contribution in [2.24, 2.45) is 5.92 Å². The average molecular weight is 279 g/mol. The van der Waals surface area contributed by atoms with Crippen molar-refractivity contribution in [1.82, 2.24) is 15.6 Å². The maximum atomic E-state index is 11.8. The first-order chi connectivity index (χ1) is 9.40. The average Bonchev–Trinajstić information content (AvgIpc) is 2.38. The molecule has 0 saturated carbocycles. The summed E-state index contributed by atoms with van der Waals surface area (Å²) < 4.78 is 0. The zero-order valence-corrected chi connectivity index (χ0v) is 12.0. The van der Waals surface area contributed by atoms with Gasteiger partial charge in [0.05, 0.1) is 11.7 Å². The van der Waals surface area contributed by atoms with Gasteiger partial charge < -0.3 is 15.7 Å². The van der Waals surface area contributed by atoms with Gasteiger partial charge in [0, 0.05) is 6.20 Å². The van der Waals surface area contributed by atoms with Crippen LogP contribution in [-0.4, -0.2) is 28.1 Å². The van der Waals surface area contributed by atoms with Crippen LogP contribution in [0.3, 0.4) is 0 Å². The fourth-order valence-corrected chi connectivity index (χ4v) is 1.80. The lowest BCUT2D eigenvalue weighted by atomic mass is 10.0. The summed E-state index contributed by atoms with van der Waals surface area (Å²) in [5.74, 6) is -0.844. The smallest absolute Gasteiger partial charge is 0.326 e. The predicted molar refractivity (Wildman–Crippen MR) is 75.2 cm³/mol. The zero-order valence-electron chi connectivity index (χ0n) is 12.0. The molecule has 0 aliphatic rings. The minimum atomic E-state index is -1.03. The first kappa shape index (κ1) is 15.9. The van der Waals surface area contributed by atoms with E-state index < -0.39 is 18.0 Å². The quantitative estimate of drug-likeness (QED) is 0.742. The van der Waals surface area contributed by atoms with Crippen molar-refractivity contribution in [1.29, 1.82) is 0 Å². The Labute approximate surface area is 118 Å². The highest BCUT2D eigenvalue weighted by Crippen LogP contribution is 2.08. The van der Waals surface area contributed by atoms with E-state index in [1.165, 1.54) is 0 Å². The van der Waals surface area contributed by atoms with Gasteiger partial charge in [-0.3, -0.25) is 4.98 Å². The van der Waals surface area contributed by atoms with Crippen molar-refractivity contribution in [2.75, 3.05) is 0 Å². The van der Waals surface area contributed by atoms with E-state index in [0.717, 1.165) is 5.69 Å². The van der Waals surface area contributed by atoms with Crippen LogP contribution < -0.4 is 10.6 Å². The molecule has 0 aromatic carbocycles. The molecule has 2 atom stereocenters. The molecule has 2 amide bonds. The number of carbonyl (C=O) groups excluding carboxylic acids is 1. The van der Waals surface area contributed by atoms with Crippen LogP contribution in [0.4, 0.5) is 4.79 Å². The van der Waals surface area contributed by atoms with E-state index in [0.29, 0.717) is 6.42 Å². The molecule has 110 valence electrons. The number of aliphatic carboxylic acids is 1. The fraction of sp³-hybridized carbons (Fsp3) is 0.500. The lowest BCUT2D eigenvalue weighted by Gasteiger charge is -2.19. The Morgan fingerprint density at radius 2 is 1.95 bits per heavy atom. The Kier molecular flexibility index (Phi) is 5.96. The van der Waals surface area contributed by atoms with E-state index in [4.69, 9.17) is 5.11 Å². The standard InChI is InChI=1S/C14H21N3O3/c1-9(2)8-12(13(18)19)17-14(20)16-10(3)11-6-4-5-7-15-11/h4-7,9-10,12H,8H2,1-3H3,(H,18,19)(H2,16,17,20)/t10?,12-/m1/s1. The van der Waals surface area contributed by atoms with Crippen LogP contribution in [0.15, 0.2) is 24.4 Å². The highest BCUT2D eigenvalue weighted by Gasteiger charge is 2.21. The normalized spacial score (nSPS) is 13.6. The van der Waals surface area contributed by atoms with Crippen molar-refractivity contribution in [3.05, 3.63) is 30.1 Å². The second-order valence-corrected chi connectivity index (χ2v) is 5.11. The molecule has 6 heteroatoms. The van der Waals surface area contributed by atoms with Crippen molar-refractivity contribution in [3.63, 3.8) is 0 Å². The van der Waals surface area contributed by atoms with E-state index >= 15 is 0 Å². The third-order valence-corrected chi connectivity index (χ3v) is 2.79. The Hall–Kier alpha value is -2.11. The first-order valence-corrected chi connectivity index (χ1v) is 6.61. The van der Waals surface area contributed by atoms with Gasteiger partial charge in [-0.1, -0.05) is 19.9 Å². The molecule has 0 spiro atoms. The Balaban J connectivity index is 2.55. The molecule has 20 heavy (non-hydrogen) atoms. The number of amides is 2. The second kappa shape index (κ2) is 7.47. The number of rotatable bonds is 6. The van der Waals surface area contributed by atoms with Crippen molar-refractivity contribution in [3.8, 4) is 0 Å². The van der Waals surface area contributed by atoms with E-state index in [1.807, 2.05) is 19.9 Å². The van der Waals surface area contributed by atoms with E-state index in [1.54, 1.807) is 25.3 Å². The van der Waals surface area contributed by atoms with Crippen LogP contribution in [0.5, 0.6) is 0 Å². The summed E-state index contributed by atoms with van der Waals surface area (Å²) in [6.45, 7) is 5.61. The van der Waals surface area contributed by atoms with Crippen LogP contribution in [-0.2, 0) is 4.79 Å². The van der Waals surface area contributed by atoms with Crippen molar-refractivity contribution >= 4 is 12.0 Å². The van der Waals surface area contributed by atoms with Gasteiger partial charge in [0.15, 0.2) is 0 Å². The van der Waals surface area contributed by atoms with Gasteiger partial charge in [0.25, 0.3) is 0 Å². The number of pyridine rings is 1. The predicted octanol–water partition coefficient (Wildman–Crippen LogP) is 1.94. The fourth-order valence-electron chi connectivity index (χ4n) is 1.80. The van der Waals surface area contributed by atoms with Gasteiger partial charge in [-0.2, -0.15) is 0 Å². The van der Waals surface area contributed by atoms with Gasteiger partial charge in [-0.25, -0.2) is 9.59 Å². The van der Waals surface area contributed by atoms with Crippen molar-refractivity contribution in [2.45, 2.75) is 39.3 Å². The lowest BCUT2D eigenvalue weighted by molar-refractivity contribution is -0.139. The molecule has 1 unspecified atom stereocenters. The molecule has 1 aromatic rings. The Morgan fingerprint density at radius 3 is 2.45 bits per heavy atom. The van der Waals surface area contributed by atoms with Crippen LogP contribution in [0.25, 0.3) is 0 Å². The molecule has 1 aromatic heterocycles. The number of hydrogen-bond donors (Lipinski definition) is 3. The molecule has 0 aliphatic heterocycles. The van der Waals surface area contributed by atoms with Gasteiger partial charge in [-0.15, -0.1) is 0 Å². The summed E-state index contributed by atoms with van der Waals surface area (Å²) in [4.78, 5) is 27.0. The summed E-state index contributed by atoms with van der Waals surface area (Å²) in [7, 11) is 0. The zero-order chi connectivity index (χ0) is 15.1. The Bertz CT molecular complexity index is 448. The van der Waals surface area contributed by atoms with Crippen LogP contribution in [0.2, 0.25) is 0 Å². The molecule has 0 bridgehead atoms. The molecular weight excluding hydrogens is 258 g/mol. The number of urea groups is 1. The lowest BCUT2D eigenvalue weighted by Crippen LogP contribution is -2.47. The SMILES string of the molecule is CC(C)C[C@@H](NC(=O)NC(C)c1ccccn1)C(=O)O. The summed E-state index contributed by atoms with van der Waals surface area (Å²) in [6, 6.07) is 3.75. The van der Waals surface area contributed by atoms with Crippen LogP contribution in [0, 0.1) is 5.92 Å². The molecule has 0 aliphatic carbocycles. The monoisotopic (exact) mass is 279 g/mol. The van der Waals surface area contributed by atoms with Crippen LogP contribution in [0.1, 0.15) is 38.9 Å². The van der Waals surface area contributed by atoms with Crippen molar-refractivity contribution < 1.29 is 14.7 Å². The largest absolute Gasteiger partial charge is 0.480 e. The van der Waals surface area contributed by atoms with Gasteiger partial charge in [0.2, 0.25) is 0 Å². The topological polar surface area (TPSA) is 91.3 Å². The summed E-state index contributed by atoms with van der Waals surface area (Å²) in [5.41, 5.74) is 0.721. The summed E-state index contributed by atoms with van der Waals surface area (Å²) in [5, 5.41) is 14.2. The van der Waals surface area contributed by atoms with E-state index in [2.05, 4.69) is 15.6 Å². The van der Waals surface area contributed by atoms with E-state index in [-0.39, 0.29) is 12.0 Å². The molecule has 6 nitrogen and oxygen atoms in total. The molecule has 0 radical (unpaired) electrons. The third-order valence-electron chi connectivity index (χ3n) is 2.79. The van der Waals surface area contributed by atoms with Crippen LogP contribution >= 0.6 is 0 Å². The minimum absolute atomic E-state index is 0.185. The number of nitrogens with zero attached hydrogens (tertiary/aromatic N) is 1. The maximum Gasteiger partial charge on any atom is 0.326 e. The van der Waals surface area contributed by atoms with Gasteiger partial charge in [0.1, 0.15) is 6.04 Å². The van der Waals surface area contributed by atoms with Gasteiger partial charge in [-0.05, 0) is 31.4 Å². The number of hydrogen-bond acceptors (Lipinski definition) is 3. The number of aromatic nitrogens is 1. The maximum absolute atomic E-state index is 11.8. The number of carboxylic acids is 1. The first-order valence-electron chi connectivity index (χ1n) is 6.61. The molecular formula is C14H21N3O3. The molecule has 1 rings (SSSR count). The molecule has 3 N–H and O–H groups in total. The second-order valence-electron chi connectivity index (χ2n) is 5.11. The number of carbonyl (C=O) groups is 2. The highest BCUT2D eigenvalue weighted by molar-refractivity contribution is 5.82. The molecule has 0 saturated heterocycles. The van der Waals surface area contributed by atoms with Gasteiger partial charge >= 0.3 is 12.0 Å². The molecule has 0 fully saturated rings. The number of nitrogens with one attached hydrogen (secondary N) is 2. The Morgan fingerprint density at radius 1 is 1.25 bits per heavy atom. The highest BCUT2D eigenvalue weighted by atomic mass is 16.4. The number of carboxylic acid groups (broad SMARTS) is 1.